The van der Waals surface area contributed by atoms with Gasteiger partial charge in [-0.05, 0) is 62.1 Å². The molecule has 0 unspecified atom stereocenters. The van der Waals surface area contributed by atoms with E-state index in [4.69, 9.17) is 8.39 Å². The molecule has 0 aliphatic heterocycles. The molecular weight excluding hydrogens is 293 g/mol. The molecule has 4 heteroatoms. The van der Waals surface area contributed by atoms with Gasteiger partial charge in [-0.25, -0.2) is 4.67 Å². The van der Waals surface area contributed by atoms with Gasteiger partial charge in [0, 0.05) is 24.9 Å². The highest BCUT2D eigenvalue weighted by Gasteiger charge is 2.12. The number of hydrogen-bond acceptors (Lipinski definition) is 3. The number of benzene rings is 2. The van der Waals surface area contributed by atoms with Gasteiger partial charge in [0.05, 0.1) is 0 Å². The van der Waals surface area contributed by atoms with Gasteiger partial charge in [0.25, 0.3) is 0 Å². The predicted octanol–water partition coefficient (Wildman–Crippen LogP) is 5.72. The molecule has 3 aromatic rings. The molecular formula is C18H22NO2P. The summed E-state index contributed by atoms with van der Waals surface area (Å²) < 4.78 is 14.5. The zero-order valence-electron chi connectivity index (χ0n) is 14.0. The molecule has 0 fully saturated rings. The highest BCUT2D eigenvalue weighted by Crippen LogP contribution is 2.38. The fourth-order valence-electron chi connectivity index (χ4n) is 2.89. The molecule has 116 valence electrons. The summed E-state index contributed by atoms with van der Waals surface area (Å²) in [4.78, 5) is 0. The Morgan fingerprint density at radius 3 is 1.50 bits per heavy atom. The summed E-state index contributed by atoms with van der Waals surface area (Å²) in [7, 11) is 2.83. The number of nitrogens with zero attached hydrogens (tertiary/aromatic N) is 1. The summed E-state index contributed by atoms with van der Waals surface area (Å²) in [6.45, 7) is 8.44. The van der Waals surface area contributed by atoms with Crippen molar-refractivity contribution in [2.45, 2.75) is 27.7 Å². The van der Waals surface area contributed by atoms with Crippen LogP contribution in [-0.4, -0.2) is 14.1 Å². The Morgan fingerprint density at radius 1 is 0.727 bits per heavy atom. The molecule has 0 spiro atoms. The molecule has 0 aliphatic carbocycles. The first-order chi connectivity index (χ1) is 10.4. The van der Waals surface area contributed by atoms with Gasteiger partial charge in [0.15, 0.2) is 0 Å². The van der Waals surface area contributed by atoms with Gasteiger partial charge in [0.2, 0.25) is 0 Å². The summed E-state index contributed by atoms with van der Waals surface area (Å²) >= 11 is 0. The zero-order valence-corrected chi connectivity index (χ0v) is 14.9. The van der Waals surface area contributed by atoms with Gasteiger partial charge < -0.3 is 8.39 Å². The number of fused-ring (bicyclic) bond motifs is 3. The maximum absolute atomic E-state index is 6.25. The van der Waals surface area contributed by atoms with Crippen LogP contribution in [0, 0.1) is 27.7 Å². The Bertz CT molecular complexity index is 840. The number of rotatable bonds is 1. The van der Waals surface area contributed by atoms with Crippen LogP contribution in [0.3, 0.4) is 0 Å². The molecule has 0 saturated heterocycles. The minimum absolute atomic E-state index is 0.939. The van der Waals surface area contributed by atoms with Crippen LogP contribution in [0.15, 0.2) is 32.7 Å². The molecule has 0 radical (unpaired) electrons. The quantitative estimate of drug-likeness (QED) is 0.575. The molecule has 1 aromatic heterocycles. The molecule has 2 aromatic carbocycles. The van der Waals surface area contributed by atoms with Crippen LogP contribution in [0.4, 0.5) is 0 Å². The third-order valence-corrected chi connectivity index (χ3v) is 5.12. The van der Waals surface area contributed by atoms with E-state index in [1.54, 1.807) is 0 Å². The normalized spacial score (nSPS) is 11.6. The van der Waals surface area contributed by atoms with Crippen LogP contribution < -0.4 is 4.67 Å². The van der Waals surface area contributed by atoms with Crippen molar-refractivity contribution in [1.82, 2.24) is 0 Å². The largest absolute Gasteiger partial charge is 0.408 e. The topological polar surface area (TPSA) is 29.5 Å². The van der Waals surface area contributed by atoms with Crippen molar-refractivity contribution in [2.24, 2.45) is 0 Å². The second-order valence-electron chi connectivity index (χ2n) is 6.18. The number of hydrogen-bond donors (Lipinski definition) is 0. The standard InChI is InChI=1S/C18H22NO2P/c1-11-7-13(3)17-15(9-11)16-10-12(2)8-14(4)18(16)21-22(20-17)19(5)6/h7-10H,1-6H3. The summed E-state index contributed by atoms with van der Waals surface area (Å²) in [5, 5.41) is 2.26. The molecule has 0 N–H and O–H groups in total. The van der Waals surface area contributed by atoms with Crippen LogP contribution in [0.1, 0.15) is 22.3 Å². The van der Waals surface area contributed by atoms with Crippen LogP contribution >= 0.6 is 8.16 Å². The van der Waals surface area contributed by atoms with Crippen molar-refractivity contribution in [3.8, 4) is 0 Å². The van der Waals surface area contributed by atoms with Gasteiger partial charge >= 0.3 is 8.16 Å². The van der Waals surface area contributed by atoms with Crippen molar-refractivity contribution in [1.29, 1.82) is 0 Å². The van der Waals surface area contributed by atoms with Gasteiger partial charge in [-0.15, -0.1) is 0 Å². The van der Waals surface area contributed by atoms with E-state index in [0.717, 1.165) is 33.1 Å². The number of aryl methyl sites for hydroxylation is 4. The maximum Gasteiger partial charge on any atom is 0.309 e. The van der Waals surface area contributed by atoms with Crippen LogP contribution in [0.25, 0.3) is 21.9 Å². The highest BCUT2D eigenvalue weighted by atomic mass is 31.1. The average molecular weight is 315 g/mol. The van der Waals surface area contributed by atoms with Crippen LogP contribution in [0.2, 0.25) is 0 Å². The zero-order chi connectivity index (χ0) is 16.0. The van der Waals surface area contributed by atoms with Crippen molar-refractivity contribution < 1.29 is 8.39 Å². The Hall–Kier alpha value is -1.70. The molecule has 1 heterocycles. The lowest BCUT2D eigenvalue weighted by Crippen LogP contribution is -2.02. The first-order valence-corrected chi connectivity index (χ1v) is 8.56. The third kappa shape index (κ3) is 2.55. The first kappa shape index (κ1) is 15.2. The van der Waals surface area contributed by atoms with Crippen LogP contribution in [0.5, 0.6) is 0 Å². The Kier molecular flexibility index (Phi) is 3.80. The van der Waals surface area contributed by atoms with E-state index in [2.05, 4.69) is 52.0 Å². The first-order valence-electron chi connectivity index (χ1n) is 7.43. The minimum Gasteiger partial charge on any atom is -0.408 e. The van der Waals surface area contributed by atoms with Gasteiger partial charge in [0.1, 0.15) is 11.2 Å². The summed E-state index contributed by atoms with van der Waals surface area (Å²) in [6, 6.07) is 8.71. The molecule has 0 aliphatic rings. The van der Waals surface area contributed by atoms with E-state index in [-0.39, 0.29) is 0 Å². The lowest BCUT2D eigenvalue weighted by atomic mass is 10.0. The van der Waals surface area contributed by atoms with Gasteiger partial charge in [-0.1, -0.05) is 12.1 Å². The molecule has 22 heavy (non-hydrogen) atoms. The highest BCUT2D eigenvalue weighted by molar-refractivity contribution is 7.38. The van der Waals surface area contributed by atoms with E-state index in [1.165, 1.54) is 11.1 Å². The van der Waals surface area contributed by atoms with E-state index >= 15 is 0 Å². The average Bonchev–Trinajstić information content (AvgIpc) is 2.57. The summed E-state index contributed by atoms with van der Waals surface area (Å²) in [6.07, 6.45) is 0. The summed E-state index contributed by atoms with van der Waals surface area (Å²) in [5.74, 6) is 0. The lowest BCUT2D eigenvalue weighted by Gasteiger charge is -2.05. The van der Waals surface area contributed by atoms with Gasteiger partial charge in [-0.2, -0.15) is 0 Å². The maximum atomic E-state index is 6.25. The van der Waals surface area contributed by atoms with E-state index in [9.17, 15) is 0 Å². The minimum atomic E-state index is -1.15. The fraction of sp³-hybridized carbons (Fsp3) is 0.333. The van der Waals surface area contributed by atoms with E-state index in [0.29, 0.717) is 0 Å². The molecule has 0 bridgehead atoms. The molecule has 3 rings (SSSR count). The van der Waals surface area contributed by atoms with Crippen LogP contribution in [-0.2, 0) is 0 Å². The smallest absolute Gasteiger partial charge is 0.309 e. The van der Waals surface area contributed by atoms with Crippen molar-refractivity contribution >= 4 is 30.1 Å². The Balaban J connectivity index is 2.66. The second-order valence-corrected chi connectivity index (χ2v) is 7.83. The molecule has 0 amide bonds. The third-order valence-electron chi connectivity index (χ3n) is 3.79. The molecule has 3 nitrogen and oxygen atoms in total. The van der Waals surface area contributed by atoms with E-state index < -0.39 is 8.16 Å². The van der Waals surface area contributed by atoms with E-state index in [1.807, 2.05) is 18.8 Å². The Labute approximate surface area is 132 Å². The SMILES string of the molecule is Cc1cc(C)c2op(N(C)C)oc3c(C)cc(C)cc3c2c1. The molecule has 0 atom stereocenters. The molecule has 0 saturated carbocycles. The second kappa shape index (κ2) is 5.49. The lowest BCUT2D eigenvalue weighted by molar-refractivity contribution is 0.631. The van der Waals surface area contributed by atoms with Crippen molar-refractivity contribution in [2.75, 3.05) is 18.8 Å². The van der Waals surface area contributed by atoms with Crippen molar-refractivity contribution in [3.05, 3.63) is 46.5 Å². The Morgan fingerprint density at radius 2 is 1.14 bits per heavy atom. The van der Waals surface area contributed by atoms with Crippen molar-refractivity contribution in [3.63, 3.8) is 0 Å². The predicted molar refractivity (Wildman–Crippen MR) is 95.3 cm³/mol. The monoisotopic (exact) mass is 315 g/mol. The van der Waals surface area contributed by atoms with Gasteiger partial charge in [-0.3, -0.25) is 0 Å². The fourth-order valence-corrected chi connectivity index (χ4v) is 4.05. The summed E-state index contributed by atoms with van der Waals surface area (Å²) in [5.41, 5.74) is 6.66.